The standard InChI is InChI=1S/C31H37N5O4/c1-31(2,3)40-27(37)19-35-18-23-8-5-4-7-21(23)16-26(35)30(39)36-14-6-9-25(36)29(38)34-17-20-10-11-24-22(15-20)12-13-33-28(24)32/h4-5,7-8,10-13,15,25-26H,6,9,14,16-19H2,1-3H3,(H2,32,33)(H,34,38)/t25-,26+/m0/s1. The minimum absolute atomic E-state index is 0.00864. The van der Waals surface area contributed by atoms with E-state index < -0.39 is 17.7 Å². The zero-order chi connectivity index (χ0) is 28.4. The average Bonchev–Trinajstić information content (AvgIpc) is 3.40. The van der Waals surface area contributed by atoms with E-state index in [-0.39, 0.29) is 24.3 Å². The number of amides is 2. The number of carbonyl (C=O) groups excluding carboxylic acids is 3. The van der Waals surface area contributed by atoms with Gasteiger partial charge in [-0.2, -0.15) is 0 Å². The smallest absolute Gasteiger partial charge is 0.320 e. The van der Waals surface area contributed by atoms with Crippen molar-refractivity contribution in [2.75, 3.05) is 18.8 Å². The summed E-state index contributed by atoms with van der Waals surface area (Å²) >= 11 is 0. The van der Waals surface area contributed by atoms with Crippen LogP contribution in [0.15, 0.2) is 54.7 Å². The average molecular weight is 544 g/mol. The molecule has 5 rings (SSSR count). The van der Waals surface area contributed by atoms with Gasteiger partial charge in [0, 0.05) is 31.2 Å². The normalized spacial score (nSPS) is 19.3. The van der Waals surface area contributed by atoms with E-state index in [1.165, 1.54) is 0 Å². The van der Waals surface area contributed by atoms with Crippen LogP contribution in [-0.2, 0) is 38.6 Å². The molecule has 3 N–H and O–H groups in total. The Morgan fingerprint density at radius 3 is 2.62 bits per heavy atom. The van der Waals surface area contributed by atoms with Gasteiger partial charge >= 0.3 is 5.97 Å². The second-order valence-corrected chi connectivity index (χ2v) is 11.6. The number of hydrogen-bond donors (Lipinski definition) is 2. The topological polar surface area (TPSA) is 118 Å². The third kappa shape index (κ3) is 6.09. The van der Waals surface area contributed by atoms with Crippen LogP contribution in [0.5, 0.6) is 0 Å². The van der Waals surface area contributed by atoms with E-state index in [0.29, 0.717) is 38.3 Å². The molecular formula is C31H37N5O4. The highest BCUT2D eigenvalue weighted by molar-refractivity contribution is 5.92. The largest absolute Gasteiger partial charge is 0.459 e. The summed E-state index contributed by atoms with van der Waals surface area (Å²) in [7, 11) is 0. The molecule has 0 bridgehead atoms. The predicted molar refractivity (Wildman–Crippen MR) is 153 cm³/mol. The number of nitrogens with zero attached hydrogens (tertiary/aromatic N) is 3. The van der Waals surface area contributed by atoms with E-state index >= 15 is 0 Å². The first-order chi connectivity index (χ1) is 19.1. The maximum Gasteiger partial charge on any atom is 0.320 e. The molecule has 2 aromatic carbocycles. The zero-order valence-electron chi connectivity index (χ0n) is 23.4. The second-order valence-electron chi connectivity index (χ2n) is 11.6. The van der Waals surface area contributed by atoms with Gasteiger partial charge in [-0.3, -0.25) is 19.3 Å². The first-order valence-electron chi connectivity index (χ1n) is 13.8. The van der Waals surface area contributed by atoms with Crippen molar-refractivity contribution in [2.45, 2.75) is 70.8 Å². The van der Waals surface area contributed by atoms with Crippen LogP contribution in [0, 0.1) is 0 Å². The number of esters is 1. The number of ether oxygens (including phenoxy) is 1. The Labute approximate surface area is 234 Å². The molecule has 9 heteroatoms. The van der Waals surface area contributed by atoms with Gasteiger partial charge in [-0.1, -0.05) is 36.4 Å². The first kappa shape index (κ1) is 27.6. The van der Waals surface area contributed by atoms with Crippen LogP contribution in [-0.4, -0.2) is 63.3 Å². The van der Waals surface area contributed by atoms with Crippen molar-refractivity contribution in [2.24, 2.45) is 0 Å². The number of benzene rings is 2. The Morgan fingerprint density at radius 1 is 1.07 bits per heavy atom. The molecule has 3 heterocycles. The highest BCUT2D eigenvalue weighted by atomic mass is 16.6. The highest BCUT2D eigenvalue weighted by Gasteiger charge is 2.41. The minimum atomic E-state index is -0.614. The van der Waals surface area contributed by atoms with Gasteiger partial charge in [0.1, 0.15) is 17.5 Å². The van der Waals surface area contributed by atoms with Crippen molar-refractivity contribution in [1.29, 1.82) is 0 Å². The lowest BCUT2D eigenvalue weighted by atomic mass is 9.93. The van der Waals surface area contributed by atoms with E-state index in [4.69, 9.17) is 10.5 Å². The van der Waals surface area contributed by atoms with Crippen LogP contribution in [0.3, 0.4) is 0 Å². The predicted octanol–water partition coefficient (Wildman–Crippen LogP) is 3.19. The van der Waals surface area contributed by atoms with Crippen molar-refractivity contribution in [3.63, 3.8) is 0 Å². The van der Waals surface area contributed by atoms with Crippen LogP contribution >= 0.6 is 0 Å². The first-order valence-corrected chi connectivity index (χ1v) is 13.8. The number of anilines is 1. The van der Waals surface area contributed by atoms with Crippen molar-refractivity contribution in [1.82, 2.24) is 20.1 Å². The molecule has 2 aliphatic rings. The quantitative estimate of drug-likeness (QED) is 0.459. The second kappa shape index (κ2) is 11.3. The van der Waals surface area contributed by atoms with Crippen molar-refractivity contribution in [3.05, 3.63) is 71.4 Å². The third-order valence-corrected chi connectivity index (χ3v) is 7.55. The fourth-order valence-electron chi connectivity index (χ4n) is 5.69. The summed E-state index contributed by atoms with van der Waals surface area (Å²) < 4.78 is 5.57. The number of nitrogens with two attached hydrogens (primary N) is 1. The van der Waals surface area contributed by atoms with Crippen LogP contribution in [0.4, 0.5) is 5.82 Å². The van der Waals surface area contributed by atoms with Gasteiger partial charge in [-0.15, -0.1) is 0 Å². The number of hydrogen-bond acceptors (Lipinski definition) is 7. The molecule has 2 atom stereocenters. The van der Waals surface area contributed by atoms with Crippen LogP contribution < -0.4 is 11.1 Å². The zero-order valence-corrected chi connectivity index (χ0v) is 23.4. The van der Waals surface area contributed by atoms with Gasteiger partial charge in [0.05, 0.1) is 12.6 Å². The fourth-order valence-corrected chi connectivity index (χ4v) is 5.69. The lowest BCUT2D eigenvalue weighted by Gasteiger charge is -2.38. The Hall–Kier alpha value is -3.98. The molecule has 0 spiro atoms. The van der Waals surface area contributed by atoms with E-state index in [1.807, 2.05) is 74.2 Å². The molecule has 1 fully saturated rings. The summed E-state index contributed by atoms with van der Waals surface area (Å²) in [5, 5.41) is 4.85. The van der Waals surface area contributed by atoms with Crippen LogP contribution in [0.2, 0.25) is 0 Å². The molecule has 2 aliphatic heterocycles. The summed E-state index contributed by atoms with van der Waals surface area (Å²) in [6, 6.07) is 14.6. The number of likely N-dealkylation sites (tertiary alicyclic amines) is 1. The summed E-state index contributed by atoms with van der Waals surface area (Å²) in [5.74, 6) is -0.188. The lowest BCUT2D eigenvalue weighted by molar-refractivity contribution is -0.158. The summed E-state index contributed by atoms with van der Waals surface area (Å²) in [5.41, 5.74) is 8.47. The number of rotatable bonds is 6. The number of nitrogens with one attached hydrogen (secondary N) is 1. The Bertz CT molecular complexity index is 1430. The molecule has 0 unspecified atom stereocenters. The van der Waals surface area contributed by atoms with Crippen molar-refractivity contribution in [3.8, 4) is 0 Å². The van der Waals surface area contributed by atoms with Gasteiger partial charge in [0.2, 0.25) is 11.8 Å². The molecule has 40 heavy (non-hydrogen) atoms. The lowest BCUT2D eigenvalue weighted by Crippen LogP contribution is -2.56. The molecular weight excluding hydrogens is 506 g/mol. The molecule has 0 aliphatic carbocycles. The van der Waals surface area contributed by atoms with Gasteiger partial charge in [0.15, 0.2) is 0 Å². The molecule has 0 saturated carbocycles. The van der Waals surface area contributed by atoms with Gasteiger partial charge in [-0.25, -0.2) is 4.98 Å². The Kier molecular flexibility index (Phi) is 7.76. The van der Waals surface area contributed by atoms with Gasteiger partial charge in [-0.05, 0) is 74.2 Å². The molecule has 0 radical (unpaired) electrons. The maximum absolute atomic E-state index is 14.0. The maximum atomic E-state index is 14.0. The van der Waals surface area contributed by atoms with Gasteiger partial charge in [0.25, 0.3) is 0 Å². The van der Waals surface area contributed by atoms with Crippen LogP contribution in [0.1, 0.15) is 50.3 Å². The molecule has 9 nitrogen and oxygen atoms in total. The monoisotopic (exact) mass is 543 g/mol. The highest BCUT2D eigenvalue weighted by Crippen LogP contribution is 2.28. The molecule has 3 aromatic rings. The molecule has 210 valence electrons. The minimum Gasteiger partial charge on any atom is -0.459 e. The molecule has 2 amide bonds. The number of aromatic nitrogens is 1. The van der Waals surface area contributed by atoms with E-state index in [2.05, 4.69) is 10.3 Å². The fraction of sp³-hybridized carbons (Fsp3) is 0.419. The summed E-state index contributed by atoms with van der Waals surface area (Å²) in [6.07, 6.45) is 3.50. The number of pyridine rings is 1. The molecule has 1 saturated heterocycles. The van der Waals surface area contributed by atoms with Crippen molar-refractivity contribution >= 4 is 34.4 Å². The van der Waals surface area contributed by atoms with E-state index in [9.17, 15) is 14.4 Å². The summed E-state index contributed by atoms with van der Waals surface area (Å²) in [4.78, 5) is 47.8. The number of fused-ring (bicyclic) bond motifs is 2. The van der Waals surface area contributed by atoms with Gasteiger partial charge < -0.3 is 20.7 Å². The van der Waals surface area contributed by atoms with E-state index in [1.54, 1.807) is 11.1 Å². The summed E-state index contributed by atoms with van der Waals surface area (Å²) in [6.45, 7) is 6.83. The Morgan fingerprint density at radius 2 is 1.85 bits per heavy atom. The number of carbonyl (C=O) groups is 3. The van der Waals surface area contributed by atoms with Crippen molar-refractivity contribution < 1.29 is 19.1 Å². The van der Waals surface area contributed by atoms with E-state index in [0.717, 1.165) is 33.9 Å². The SMILES string of the molecule is CC(C)(C)OC(=O)CN1Cc2ccccc2C[C@@H]1C(=O)N1CCC[C@H]1C(=O)NCc1ccc2c(N)nccc2c1. The Balaban J connectivity index is 1.29. The molecule has 1 aromatic heterocycles. The third-order valence-electron chi connectivity index (χ3n) is 7.55. The van der Waals surface area contributed by atoms with Crippen LogP contribution in [0.25, 0.3) is 10.8 Å². The number of nitrogen functional groups attached to an aromatic ring is 1.